The Labute approximate surface area is 185 Å². The first-order valence-electron chi connectivity index (χ1n) is 9.31. The van der Waals surface area contributed by atoms with Gasteiger partial charge in [-0.1, -0.05) is 34.8 Å². The minimum atomic E-state index is -1.78. The molecule has 0 radical (unpaired) electrons. The Kier molecular flexibility index (Phi) is 7.27. The van der Waals surface area contributed by atoms with Crippen molar-refractivity contribution in [3.8, 4) is 22.9 Å². The van der Waals surface area contributed by atoms with E-state index in [-0.39, 0.29) is 5.82 Å². The van der Waals surface area contributed by atoms with E-state index in [0.717, 1.165) is 13.0 Å². The van der Waals surface area contributed by atoms with Crippen molar-refractivity contribution in [2.75, 3.05) is 39.7 Å². The molecule has 1 fully saturated rings. The molecule has 0 spiro atoms. The van der Waals surface area contributed by atoms with Crippen LogP contribution in [0.2, 0.25) is 0 Å². The van der Waals surface area contributed by atoms with Crippen LogP contribution >= 0.6 is 34.8 Å². The Hall–Kier alpha value is -1.54. The van der Waals surface area contributed by atoms with Gasteiger partial charge in [-0.2, -0.15) is 9.97 Å². The van der Waals surface area contributed by atoms with Crippen LogP contribution in [0.5, 0.6) is 11.5 Å². The number of benzene rings is 1. The Morgan fingerprint density at radius 1 is 1.10 bits per heavy atom. The van der Waals surface area contributed by atoms with Crippen LogP contribution in [0.4, 0.5) is 5.95 Å². The monoisotopic (exact) mass is 459 g/mol. The minimum absolute atomic E-state index is 0.0507. The maximum atomic E-state index is 6.06. The van der Waals surface area contributed by atoms with E-state index in [1.165, 1.54) is 12.8 Å². The quantitative estimate of drug-likeness (QED) is 0.618. The van der Waals surface area contributed by atoms with Crippen LogP contribution in [-0.2, 0) is 3.79 Å². The number of aromatic nitrogens is 3. The molecule has 0 amide bonds. The standard InChI is InChI=1S/C19H24Cl3N5O2/c1-27-8-4-5-13(27)6-7-23-18-25-16(24-17(26-18)19(20,21)22)12-9-14(28-2)11-15(10-12)29-3/h9-11,13H,4-8H2,1-3H3,(H,23,24,25,26). The molecule has 1 atom stereocenters. The number of hydrogen-bond donors (Lipinski definition) is 1. The summed E-state index contributed by atoms with van der Waals surface area (Å²) in [5.41, 5.74) is 0.665. The third-order valence-electron chi connectivity index (χ3n) is 4.93. The van der Waals surface area contributed by atoms with E-state index in [1.54, 1.807) is 32.4 Å². The van der Waals surface area contributed by atoms with E-state index in [4.69, 9.17) is 44.3 Å². The Morgan fingerprint density at radius 2 is 1.79 bits per heavy atom. The first-order valence-corrected chi connectivity index (χ1v) is 10.4. The molecule has 29 heavy (non-hydrogen) atoms. The molecule has 3 rings (SSSR count). The second-order valence-corrected chi connectivity index (χ2v) is 9.18. The molecule has 2 heterocycles. The molecule has 1 aliphatic rings. The number of hydrogen-bond acceptors (Lipinski definition) is 7. The second kappa shape index (κ2) is 9.51. The van der Waals surface area contributed by atoms with Gasteiger partial charge in [-0.15, -0.1) is 0 Å². The number of rotatable bonds is 7. The average molecular weight is 461 g/mol. The molecule has 1 aromatic carbocycles. The SMILES string of the molecule is COc1cc(OC)cc(-c2nc(NCCC3CCCN3C)nc(C(Cl)(Cl)Cl)n2)c1. The summed E-state index contributed by atoms with van der Waals surface area (Å²) in [5.74, 6) is 1.98. The van der Waals surface area contributed by atoms with Gasteiger partial charge in [-0.05, 0) is 45.0 Å². The number of alkyl halides is 3. The topological polar surface area (TPSA) is 72.4 Å². The van der Waals surface area contributed by atoms with Crippen molar-refractivity contribution in [2.45, 2.75) is 29.1 Å². The molecule has 0 saturated carbocycles. The molecule has 1 saturated heterocycles. The number of ether oxygens (including phenoxy) is 2. The third kappa shape index (κ3) is 5.75. The predicted molar refractivity (Wildman–Crippen MR) is 116 cm³/mol. The van der Waals surface area contributed by atoms with Crippen LogP contribution in [0.3, 0.4) is 0 Å². The zero-order chi connectivity index (χ0) is 21.0. The molecular weight excluding hydrogens is 437 g/mol. The van der Waals surface area contributed by atoms with Crippen LogP contribution in [0.15, 0.2) is 18.2 Å². The number of halogens is 3. The summed E-state index contributed by atoms with van der Waals surface area (Å²) in [5, 5.41) is 3.24. The highest BCUT2D eigenvalue weighted by molar-refractivity contribution is 6.66. The van der Waals surface area contributed by atoms with Crippen molar-refractivity contribution in [1.29, 1.82) is 0 Å². The van der Waals surface area contributed by atoms with Crippen LogP contribution in [0, 0.1) is 0 Å². The van der Waals surface area contributed by atoms with Crippen molar-refractivity contribution >= 4 is 40.8 Å². The van der Waals surface area contributed by atoms with Gasteiger partial charge < -0.3 is 19.7 Å². The number of nitrogens with zero attached hydrogens (tertiary/aromatic N) is 4. The molecule has 1 aliphatic heterocycles. The molecular formula is C19H24Cl3N5O2. The maximum Gasteiger partial charge on any atom is 0.250 e. The highest BCUT2D eigenvalue weighted by Crippen LogP contribution is 2.37. The van der Waals surface area contributed by atoms with Crippen molar-refractivity contribution in [3.05, 3.63) is 24.0 Å². The van der Waals surface area contributed by atoms with Gasteiger partial charge in [-0.3, -0.25) is 0 Å². The molecule has 10 heteroatoms. The highest BCUT2D eigenvalue weighted by atomic mass is 35.6. The van der Waals surface area contributed by atoms with Crippen molar-refractivity contribution in [3.63, 3.8) is 0 Å². The number of likely N-dealkylation sites (tertiary alicyclic amines) is 1. The Bertz CT molecular complexity index is 825. The Morgan fingerprint density at radius 3 is 2.34 bits per heavy atom. The number of nitrogens with one attached hydrogen (secondary N) is 1. The Balaban J connectivity index is 1.88. The fraction of sp³-hybridized carbons (Fsp3) is 0.526. The normalized spacial score (nSPS) is 17.4. The molecule has 0 bridgehead atoms. The molecule has 2 aromatic rings. The van der Waals surface area contributed by atoms with Crippen molar-refractivity contribution in [1.82, 2.24) is 19.9 Å². The third-order valence-corrected chi connectivity index (χ3v) is 5.44. The zero-order valence-corrected chi connectivity index (χ0v) is 18.9. The minimum Gasteiger partial charge on any atom is -0.497 e. The van der Waals surface area contributed by atoms with Gasteiger partial charge in [0, 0.05) is 24.2 Å². The molecule has 7 nitrogen and oxygen atoms in total. The lowest BCUT2D eigenvalue weighted by Gasteiger charge is -2.19. The smallest absolute Gasteiger partial charge is 0.250 e. The first-order chi connectivity index (χ1) is 13.8. The fourth-order valence-corrected chi connectivity index (χ4v) is 3.60. The predicted octanol–water partition coefficient (Wildman–Crippen LogP) is 4.28. The van der Waals surface area contributed by atoms with Crippen molar-refractivity contribution in [2.24, 2.45) is 0 Å². The molecule has 1 unspecified atom stereocenters. The molecule has 0 aliphatic carbocycles. The van der Waals surface area contributed by atoms with Crippen LogP contribution in [0.25, 0.3) is 11.4 Å². The van der Waals surface area contributed by atoms with Gasteiger partial charge in [0.25, 0.3) is 0 Å². The summed E-state index contributed by atoms with van der Waals surface area (Å²) in [6.07, 6.45) is 3.41. The molecule has 1 aromatic heterocycles. The fourth-order valence-electron chi connectivity index (χ4n) is 3.34. The summed E-state index contributed by atoms with van der Waals surface area (Å²) in [6.45, 7) is 1.84. The maximum absolute atomic E-state index is 6.06. The van der Waals surface area contributed by atoms with Gasteiger partial charge >= 0.3 is 0 Å². The van der Waals surface area contributed by atoms with Gasteiger partial charge in [-0.25, -0.2) is 4.98 Å². The second-order valence-electron chi connectivity index (χ2n) is 6.90. The summed E-state index contributed by atoms with van der Waals surface area (Å²) in [7, 11) is 5.30. The van der Waals surface area contributed by atoms with E-state index in [0.29, 0.717) is 41.4 Å². The largest absolute Gasteiger partial charge is 0.497 e. The number of anilines is 1. The van der Waals surface area contributed by atoms with E-state index in [9.17, 15) is 0 Å². The van der Waals surface area contributed by atoms with Gasteiger partial charge in [0.05, 0.1) is 14.2 Å². The lowest BCUT2D eigenvalue weighted by molar-refractivity contribution is 0.301. The van der Waals surface area contributed by atoms with Crippen LogP contribution in [0.1, 0.15) is 25.1 Å². The zero-order valence-electron chi connectivity index (χ0n) is 16.6. The van der Waals surface area contributed by atoms with Gasteiger partial charge in [0.2, 0.25) is 9.74 Å². The summed E-state index contributed by atoms with van der Waals surface area (Å²) >= 11 is 18.2. The van der Waals surface area contributed by atoms with Crippen molar-refractivity contribution < 1.29 is 9.47 Å². The highest BCUT2D eigenvalue weighted by Gasteiger charge is 2.29. The lowest BCUT2D eigenvalue weighted by atomic mass is 10.1. The van der Waals surface area contributed by atoms with Gasteiger partial charge in [0.15, 0.2) is 11.6 Å². The average Bonchev–Trinajstić information content (AvgIpc) is 3.11. The van der Waals surface area contributed by atoms with Crippen LogP contribution in [-0.4, -0.2) is 60.3 Å². The van der Waals surface area contributed by atoms with Crippen LogP contribution < -0.4 is 14.8 Å². The first kappa shape index (κ1) is 22.2. The molecule has 158 valence electrons. The van der Waals surface area contributed by atoms with E-state index >= 15 is 0 Å². The number of methoxy groups -OCH3 is 2. The van der Waals surface area contributed by atoms with Gasteiger partial charge in [0.1, 0.15) is 11.5 Å². The van der Waals surface area contributed by atoms with E-state index in [2.05, 4.69) is 32.2 Å². The van der Waals surface area contributed by atoms with E-state index < -0.39 is 3.79 Å². The summed E-state index contributed by atoms with van der Waals surface area (Å²) in [6, 6.07) is 5.89. The van der Waals surface area contributed by atoms with E-state index in [1.807, 2.05) is 0 Å². The summed E-state index contributed by atoms with van der Waals surface area (Å²) < 4.78 is 8.88. The lowest BCUT2D eigenvalue weighted by Crippen LogP contribution is -2.27. The molecule has 1 N–H and O–H groups in total. The summed E-state index contributed by atoms with van der Waals surface area (Å²) in [4.78, 5) is 15.5.